The van der Waals surface area contributed by atoms with Crippen LogP contribution in [0.4, 0.5) is 5.69 Å². The van der Waals surface area contributed by atoms with Gasteiger partial charge in [-0.15, -0.1) is 11.3 Å². The van der Waals surface area contributed by atoms with E-state index in [4.69, 9.17) is 9.47 Å². The molecule has 2 heterocycles. The second-order valence-electron chi connectivity index (χ2n) is 9.98. The number of carbonyl (C=O) groups is 2. The molecule has 2 N–H and O–H groups in total. The maximum Gasteiger partial charge on any atom is 0.336 e. The van der Waals surface area contributed by atoms with E-state index in [9.17, 15) is 24.8 Å². The molecule has 0 saturated carbocycles. The van der Waals surface area contributed by atoms with Gasteiger partial charge in [-0.25, -0.2) is 4.79 Å². The van der Waals surface area contributed by atoms with Crippen LogP contribution in [-0.2, 0) is 20.7 Å². The number of ether oxygens (including phenoxy) is 2. The van der Waals surface area contributed by atoms with Crippen LogP contribution >= 0.6 is 11.3 Å². The number of hydrogen-bond donors (Lipinski definition) is 2. The highest BCUT2D eigenvalue weighted by atomic mass is 32.1. The van der Waals surface area contributed by atoms with Gasteiger partial charge < -0.3 is 19.9 Å². The molecule has 0 saturated heterocycles. The summed E-state index contributed by atoms with van der Waals surface area (Å²) in [5, 5.41) is 27.7. The number of rotatable bonds is 9. The molecule has 0 amide bonds. The quantitative estimate of drug-likeness (QED) is 0.183. The predicted octanol–water partition coefficient (Wildman–Crippen LogP) is 5.91. The van der Waals surface area contributed by atoms with Crippen molar-refractivity contribution in [3.63, 3.8) is 0 Å². The molecule has 0 spiro atoms. The normalized spacial score (nSPS) is 18.5. The molecule has 2 aromatic carbocycles. The Bertz CT molecular complexity index is 1540. The van der Waals surface area contributed by atoms with E-state index in [1.807, 2.05) is 47.8 Å². The van der Waals surface area contributed by atoms with Gasteiger partial charge in [0.2, 0.25) is 5.75 Å². The number of nitro benzene ring substituents is 1. The van der Waals surface area contributed by atoms with Gasteiger partial charge in [0, 0.05) is 52.6 Å². The third-order valence-electron chi connectivity index (χ3n) is 7.37. The maximum atomic E-state index is 13.8. The first-order valence-electron chi connectivity index (χ1n) is 13.4. The summed E-state index contributed by atoms with van der Waals surface area (Å²) in [6.07, 6.45) is 1.29. The second kappa shape index (κ2) is 12.0. The Labute approximate surface area is 241 Å². The number of dihydropyridines is 1. The van der Waals surface area contributed by atoms with E-state index in [0.29, 0.717) is 35.4 Å². The summed E-state index contributed by atoms with van der Waals surface area (Å²) in [4.78, 5) is 39.7. The molecule has 1 aromatic heterocycles. The van der Waals surface area contributed by atoms with E-state index >= 15 is 0 Å². The Morgan fingerprint density at radius 2 is 1.95 bits per heavy atom. The van der Waals surface area contributed by atoms with Crippen LogP contribution in [0.2, 0.25) is 0 Å². The fourth-order valence-corrected chi connectivity index (χ4v) is 6.37. The number of phenols is 1. The van der Waals surface area contributed by atoms with Crippen molar-refractivity contribution in [3.05, 3.63) is 109 Å². The SMILES string of the molecule is CCOc1cc([C@@H]2C(C(=O)OCCc3ccccc3)=C(C)NC3=C2C(=O)C[C@H](c2cccs2)C3)cc([N+](=O)[O-])c1O. The molecule has 2 atom stereocenters. The number of phenolic OH excluding ortho intramolecular Hbond substituents is 1. The van der Waals surface area contributed by atoms with E-state index in [1.54, 1.807) is 25.2 Å². The zero-order valence-electron chi connectivity index (χ0n) is 22.7. The summed E-state index contributed by atoms with van der Waals surface area (Å²) in [5.74, 6) is -2.43. The van der Waals surface area contributed by atoms with E-state index in [-0.39, 0.29) is 42.7 Å². The number of carbonyl (C=O) groups excluding carboxylic acids is 2. The number of nitrogens with zero attached hydrogens (tertiary/aromatic N) is 1. The van der Waals surface area contributed by atoms with Gasteiger partial charge in [0.15, 0.2) is 11.5 Å². The minimum Gasteiger partial charge on any atom is -0.500 e. The first kappa shape index (κ1) is 28.1. The Kier molecular flexibility index (Phi) is 8.21. The molecule has 1 aliphatic carbocycles. The molecule has 2 aliphatic rings. The van der Waals surface area contributed by atoms with Crippen molar-refractivity contribution < 1.29 is 29.1 Å². The summed E-state index contributed by atoms with van der Waals surface area (Å²) < 4.78 is 11.2. The summed E-state index contributed by atoms with van der Waals surface area (Å²) in [6, 6.07) is 16.2. The van der Waals surface area contributed by atoms with Crippen molar-refractivity contribution in [2.24, 2.45) is 0 Å². The average molecular weight is 575 g/mol. The minimum atomic E-state index is -0.939. The van der Waals surface area contributed by atoms with Gasteiger partial charge in [0.05, 0.1) is 23.7 Å². The van der Waals surface area contributed by atoms with Crippen LogP contribution in [0.15, 0.2) is 82.5 Å². The number of nitro groups is 1. The second-order valence-corrected chi connectivity index (χ2v) is 11.0. The van der Waals surface area contributed by atoms with Crippen LogP contribution in [-0.4, -0.2) is 35.0 Å². The monoisotopic (exact) mass is 574 g/mol. The third-order valence-corrected chi connectivity index (χ3v) is 8.40. The predicted molar refractivity (Wildman–Crippen MR) is 154 cm³/mol. The molecule has 1 aliphatic heterocycles. The highest BCUT2D eigenvalue weighted by Crippen LogP contribution is 2.49. The van der Waals surface area contributed by atoms with Crippen LogP contribution in [0, 0.1) is 10.1 Å². The number of benzene rings is 2. The van der Waals surface area contributed by atoms with Crippen molar-refractivity contribution >= 4 is 28.8 Å². The molecular weight excluding hydrogens is 544 g/mol. The Balaban J connectivity index is 1.57. The minimum absolute atomic E-state index is 0.0188. The largest absolute Gasteiger partial charge is 0.500 e. The summed E-state index contributed by atoms with van der Waals surface area (Å²) in [5.41, 5.74) is 2.49. The number of Topliss-reactive ketones (excluding diaryl/α,β-unsaturated/α-hetero) is 1. The highest BCUT2D eigenvalue weighted by Gasteiger charge is 2.42. The lowest BCUT2D eigenvalue weighted by atomic mass is 9.72. The Hall–Kier alpha value is -4.44. The van der Waals surface area contributed by atoms with Gasteiger partial charge in [0.25, 0.3) is 0 Å². The van der Waals surface area contributed by atoms with Crippen LogP contribution < -0.4 is 10.1 Å². The average Bonchev–Trinajstić information content (AvgIpc) is 3.49. The topological polar surface area (TPSA) is 128 Å². The van der Waals surface area contributed by atoms with Crippen molar-refractivity contribution in [3.8, 4) is 11.5 Å². The van der Waals surface area contributed by atoms with Crippen LogP contribution in [0.25, 0.3) is 0 Å². The van der Waals surface area contributed by atoms with Crippen molar-refractivity contribution in [2.45, 2.75) is 44.9 Å². The number of nitrogens with one attached hydrogen (secondary N) is 1. The summed E-state index contributed by atoms with van der Waals surface area (Å²) in [7, 11) is 0. The molecular formula is C31H30N2O7S. The van der Waals surface area contributed by atoms with E-state index in [2.05, 4.69) is 5.32 Å². The number of hydrogen-bond acceptors (Lipinski definition) is 9. The lowest BCUT2D eigenvalue weighted by Gasteiger charge is -2.36. The van der Waals surface area contributed by atoms with Gasteiger partial charge in [-0.05, 0) is 48.9 Å². The third kappa shape index (κ3) is 5.74. The summed E-state index contributed by atoms with van der Waals surface area (Å²) in [6.45, 7) is 3.70. The van der Waals surface area contributed by atoms with Crippen LogP contribution in [0.3, 0.4) is 0 Å². The number of aromatic hydroxyl groups is 1. The molecule has 0 fully saturated rings. The zero-order valence-corrected chi connectivity index (χ0v) is 23.5. The van der Waals surface area contributed by atoms with Gasteiger partial charge in [-0.2, -0.15) is 0 Å². The van der Waals surface area contributed by atoms with Crippen molar-refractivity contribution in [2.75, 3.05) is 13.2 Å². The Morgan fingerprint density at radius 3 is 2.63 bits per heavy atom. The molecule has 212 valence electrons. The number of ketones is 1. The number of allylic oxidation sites excluding steroid dienone is 3. The highest BCUT2D eigenvalue weighted by molar-refractivity contribution is 7.10. The molecule has 0 bridgehead atoms. The standard InChI is InChI=1S/C31H30N2O7S/c1-3-39-25-17-21(15-23(30(25)35)33(37)38)28-27(31(36)40-12-11-19-8-5-4-6-9-19)18(2)32-22-14-20(16-24(34)29(22)28)26-10-7-13-41-26/h4-10,13,15,17,20,28,32,35H,3,11-12,14,16H2,1-2H3/t20-,28-/m1/s1. The fourth-order valence-electron chi connectivity index (χ4n) is 5.54. The molecule has 5 rings (SSSR count). The maximum absolute atomic E-state index is 13.8. The van der Waals surface area contributed by atoms with E-state index in [1.165, 1.54) is 12.1 Å². The van der Waals surface area contributed by atoms with Crippen molar-refractivity contribution in [1.29, 1.82) is 0 Å². The first-order valence-corrected chi connectivity index (χ1v) is 14.3. The molecule has 0 unspecified atom stereocenters. The number of esters is 1. The van der Waals surface area contributed by atoms with Crippen LogP contribution in [0.5, 0.6) is 11.5 Å². The van der Waals surface area contributed by atoms with E-state index < -0.39 is 28.2 Å². The smallest absolute Gasteiger partial charge is 0.336 e. The molecule has 0 radical (unpaired) electrons. The van der Waals surface area contributed by atoms with Gasteiger partial charge in [-0.3, -0.25) is 14.9 Å². The van der Waals surface area contributed by atoms with Crippen LogP contribution in [0.1, 0.15) is 54.5 Å². The molecule has 41 heavy (non-hydrogen) atoms. The summed E-state index contributed by atoms with van der Waals surface area (Å²) >= 11 is 1.59. The lowest BCUT2D eigenvalue weighted by Crippen LogP contribution is -2.36. The first-order chi connectivity index (χ1) is 19.8. The van der Waals surface area contributed by atoms with Gasteiger partial charge in [-0.1, -0.05) is 36.4 Å². The van der Waals surface area contributed by atoms with E-state index in [0.717, 1.165) is 10.4 Å². The molecule has 3 aromatic rings. The zero-order chi connectivity index (χ0) is 29.1. The lowest BCUT2D eigenvalue weighted by molar-refractivity contribution is -0.386. The van der Waals surface area contributed by atoms with Gasteiger partial charge >= 0.3 is 11.7 Å². The Morgan fingerprint density at radius 1 is 1.17 bits per heavy atom. The fraction of sp³-hybridized carbons (Fsp3) is 0.290. The van der Waals surface area contributed by atoms with Crippen molar-refractivity contribution in [1.82, 2.24) is 5.32 Å². The van der Waals surface area contributed by atoms with Gasteiger partial charge in [0.1, 0.15) is 0 Å². The number of thiophene rings is 1. The molecule has 9 nitrogen and oxygen atoms in total. The molecule has 10 heteroatoms.